The maximum atomic E-state index is 12.1. The van der Waals surface area contributed by atoms with Crippen molar-refractivity contribution in [3.05, 3.63) is 11.7 Å². The molecule has 0 spiro atoms. The van der Waals surface area contributed by atoms with Crippen LogP contribution in [0.3, 0.4) is 0 Å². The third-order valence-electron chi connectivity index (χ3n) is 6.14. The molecule has 164 valence electrons. The molecule has 0 atom stereocenters. The molecule has 1 aromatic rings. The van der Waals surface area contributed by atoms with E-state index in [0.717, 1.165) is 11.8 Å². The Kier molecular flexibility index (Phi) is 6.87. The Morgan fingerprint density at radius 3 is 2.14 bits per heavy atom. The minimum Gasteiger partial charge on any atom is -0.444 e. The van der Waals surface area contributed by atoms with E-state index in [4.69, 9.17) is 9.26 Å². The van der Waals surface area contributed by atoms with Crippen molar-refractivity contribution in [1.29, 1.82) is 0 Å². The van der Waals surface area contributed by atoms with E-state index in [9.17, 15) is 4.79 Å². The first-order valence-electron chi connectivity index (χ1n) is 11.2. The first-order valence-corrected chi connectivity index (χ1v) is 11.2. The first-order chi connectivity index (χ1) is 13.6. The van der Waals surface area contributed by atoms with Crippen LogP contribution in [0, 0.1) is 11.8 Å². The normalized spacial score (nSPS) is 19.2. The SMILES string of the molecule is CC(C)(C)OC(=O)NC(C)(C)c1noc(CNC(C2CCCC2)C2CCCC2)n1. The van der Waals surface area contributed by atoms with Crippen molar-refractivity contribution >= 4 is 6.09 Å². The second-order valence-electron chi connectivity index (χ2n) is 10.3. The molecule has 2 aliphatic rings. The van der Waals surface area contributed by atoms with Crippen molar-refractivity contribution in [1.82, 2.24) is 20.8 Å². The number of ether oxygens (including phenoxy) is 1. The van der Waals surface area contributed by atoms with Crippen LogP contribution < -0.4 is 10.6 Å². The van der Waals surface area contributed by atoms with E-state index in [0.29, 0.717) is 24.3 Å². The van der Waals surface area contributed by atoms with Gasteiger partial charge >= 0.3 is 6.09 Å². The van der Waals surface area contributed by atoms with Gasteiger partial charge in [-0.1, -0.05) is 30.8 Å². The van der Waals surface area contributed by atoms with Gasteiger partial charge in [0.1, 0.15) is 11.1 Å². The molecule has 1 heterocycles. The van der Waals surface area contributed by atoms with Crippen LogP contribution in [0.5, 0.6) is 0 Å². The topological polar surface area (TPSA) is 89.3 Å². The highest BCUT2D eigenvalue weighted by atomic mass is 16.6. The summed E-state index contributed by atoms with van der Waals surface area (Å²) in [5, 5.41) is 10.7. The van der Waals surface area contributed by atoms with E-state index in [2.05, 4.69) is 20.8 Å². The van der Waals surface area contributed by atoms with Crippen molar-refractivity contribution in [3.8, 4) is 0 Å². The Balaban J connectivity index is 1.59. The lowest BCUT2D eigenvalue weighted by Gasteiger charge is -2.30. The molecular formula is C22H38N4O3. The summed E-state index contributed by atoms with van der Waals surface area (Å²) in [4.78, 5) is 16.7. The average molecular weight is 407 g/mol. The summed E-state index contributed by atoms with van der Waals surface area (Å²) in [6.07, 6.45) is 10.2. The molecule has 0 bridgehead atoms. The number of nitrogens with zero attached hydrogens (tertiary/aromatic N) is 2. The third-order valence-corrected chi connectivity index (χ3v) is 6.14. The highest BCUT2D eigenvalue weighted by molar-refractivity contribution is 5.68. The second kappa shape index (κ2) is 9.02. The van der Waals surface area contributed by atoms with Crippen LogP contribution >= 0.6 is 0 Å². The van der Waals surface area contributed by atoms with E-state index < -0.39 is 17.2 Å². The van der Waals surface area contributed by atoms with Crippen molar-refractivity contribution in [2.24, 2.45) is 11.8 Å². The van der Waals surface area contributed by atoms with Gasteiger partial charge in [0.2, 0.25) is 5.89 Å². The highest BCUT2D eigenvalue weighted by Crippen LogP contribution is 2.37. The molecule has 0 aromatic carbocycles. The quantitative estimate of drug-likeness (QED) is 0.684. The van der Waals surface area contributed by atoms with Crippen LogP contribution in [-0.4, -0.2) is 27.9 Å². The van der Waals surface area contributed by atoms with Crippen molar-refractivity contribution in [2.45, 2.75) is 110 Å². The zero-order valence-electron chi connectivity index (χ0n) is 18.7. The zero-order valence-corrected chi connectivity index (χ0v) is 18.7. The third kappa shape index (κ3) is 6.17. The molecule has 3 rings (SSSR count). The molecule has 7 nitrogen and oxygen atoms in total. The Morgan fingerprint density at radius 1 is 1.07 bits per heavy atom. The van der Waals surface area contributed by atoms with E-state index in [-0.39, 0.29) is 0 Å². The van der Waals surface area contributed by atoms with Crippen LogP contribution in [0.1, 0.15) is 97.7 Å². The summed E-state index contributed by atoms with van der Waals surface area (Å²) in [6.45, 7) is 9.78. The van der Waals surface area contributed by atoms with Gasteiger partial charge in [-0.15, -0.1) is 0 Å². The fourth-order valence-electron chi connectivity index (χ4n) is 4.75. The summed E-state index contributed by atoms with van der Waals surface area (Å²) < 4.78 is 10.8. The maximum absolute atomic E-state index is 12.1. The predicted octanol–water partition coefficient (Wildman–Crippen LogP) is 4.67. The number of aromatic nitrogens is 2. The fourth-order valence-corrected chi connectivity index (χ4v) is 4.75. The molecule has 0 radical (unpaired) electrons. The van der Waals surface area contributed by atoms with Gasteiger partial charge in [0.15, 0.2) is 5.82 Å². The van der Waals surface area contributed by atoms with Gasteiger partial charge in [-0.2, -0.15) is 4.98 Å². The molecule has 2 aliphatic carbocycles. The first kappa shape index (κ1) is 22.1. The van der Waals surface area contributed by atoms with Gasteiger partial charge < -0.3 is 19.9 Å². The number of hydrogen-bond donors (Lipinski definition) is 2. The number of nitrogens with one attached hydrogen (secondary N) is 2. The summed E-state index contributed by atoms with van der Waals surface area (Å²) >= 11 is 0. The Labute approximate surface area is 174 Å². The molecular weight excluding hydrogens is 368 g/mol. The molecule has 1 aromatic heterocycles. The average Bonchev–Trinajstić information content (AvgIpc) is 3.36. The van der Waals surface area contributed by atoms with Crippen molar-refractivity contribution in [3.63, 3.8) is 0 Å². The Morgan fingerprint density at radius 2 is 1.62 bits per heavy atom. The summed E-state index contributed by atoms with van der Waals surface area (Å²) in [5.74, 6) is 2.56. The standard InChI is InChI=1S/C22H38N4O3/c1-21(2,3)28-20(27)25-22(4,5)19-24-17(29-26-19)14-23-18(15-10-6-7-11-15)16-12-8-9-13-16/h15-16,18,23H,6-14H2,1-5H3,(H,25,27). The largest absolute Gasteiger partial charge is 0.444 e. The zero-order chi connectivity index (χ0) is 21.1. The Hall–Kier alpha value is -1.63. The number of carbonyl (C=O) groups excluding carboxylic acids is 1. The summed E-state index contributed by atoms with van der Waals surface area (Å²) in [5.41, 5.74) is -1.33. The molecule has 29 heavy (non-hydrogen) atoms. The van der Waals surface area contributed by atoms with E-state index >= 15 is 0 Å². The van der Waals surface area contributed by atoms with Gasteiger partial charge in [0, 0.05) is 6.04 Å². The minimum absolute atomic E-state index is 0.457. The number of carbonyl (C=O) groups is 1. The molecule has 2 saturated carbocycles. The van der Waals surface area contributed by atoms with E-state index in [1.54, 1.807) is 0 Å². The number of alkyl carbamates (subject to hydrolysis) is 1. The lowest BCUT2D eigenvalue weighted by Crippen LogP contribution is -2.44. The summed E-state index contributed by atoms with van der Waals surface area (Å²) in [7, 11) is 0. The van der Waals surface area contributed by atoms with Crippen molar-refractivity contribution < 1.29 is 14.1 Å². The molecule has 0 saturated heterocycles. The Bertz CT molecular complexity index is 652. The van der Waals surface area contributed by atoms with Crippen LogP contribution in [-0.2, 0) is 16.8 Å². The number of rotatable bonds is 7. The van der Waals surface area contributed by atoms with Crippen LogP contribution in [0.25, 0.3) is 0 Å². The monoisotopic (exact) mass is 406 g/mol. The number of hydrogen-bond acceptors (Lipinski definition) is 6. The van der Waals surface area contributed by atoms with E-state index in [1.807, 2.05) is 34.6 Å². The predicted molar refractivity (Wildman–Crippen MR) is 111 cm³/mol. The molecule has 2 fully saturated rings. The van der Waals surface area contributed by atoms with Crippen LogP contribution in [0.2, 0.25) is 0 Å². The van der Waals surface area contributed by atoms with Gasteiger partial charge in [-0.25, -0.2) is 4.79 Å². The second-order valence-corrected chi connectivity index (χ2v) is 10.3. The van der Waals surface area contributed by atoms with Gasteiger partial charge in [-0.05, 0) is 72.1 Å². The molecule has 2 N–H and O–H groups in total. The molecule has 0 unspecified atom stereocenters. The molecule has 1 amide bonds. The van der Waals surface area contributed by atoms with Crippen LogP contribution in [0.15, 0.2) is 4.52 Å². The fraction of sp³-hybridized carbons (Fsp3) is 0.864. The van der Waals surface area contributed by atoms with Crippen LogP contribution in [0.4, 0.5) is 4.79 Å². The molecule has 7 heteroatoms. The van der Waals surface area contributed by atoms with Gasteiger partial charge in [0.25, 0.3) is 0 Å². The van der Waals surface area contributed by atoms with E-state index in [1.165, 1.54) is 51.4 Å². The van der Waals surface area contributed by atoms with Gasteiger partial charge in [0.05, 0.1) is 6.54 Å². The maximum Gasteiger partial charge on any atom is 0.408 e. The lowest BCUT2D eigenvalue weighted by molar-refractivity contribution is 0.0465. The smallest absolute Gasteiger partial charge is 0.408 e. The minimum atomic E-state index is -0.777. The van der Waals surface area contributed by atoms with Gasteiger partial charge in [-0.3, -0.25) is 0 Å². The highest BCUT2D eigenvalue weighted by Gasteiger charge is 2.34. The number of amides is 1. The van der Waals surface area contributed by atoms with Crippen molar-refractivity contribution in [2.75, 3.05) is 0 Å². The lowest BCUT2D eigenvalue weighted by atomic mass is 9.86. The summed E-state index contributed by atoms with van der Waals surface area (Å²) in [6, 6.07) is 0.545. The molecule has 0 aliphatic heterocycles.